The molecular weight excluding hydrogens is 484 g/mol. The molecule has 1 N–H and O–H groups in total. The summed E-state index contributed by atoms with van der Waals surface area (Å²) in [5, 5.41) is 3.25. The summed E-state index contributed by atoms with van der Waals surface area (Å²) in [5.74, 6) is 1.97. The van der Waals surface area contributed by atoms with E-state index >= 15 is 0 Å². The van der Waals surface area contributed by atoms with E-state index in [1.165, 1.54) is 31.3 Å². The molecule has 38 heavy (non-hydrogen) atoms. The molecule has 1 heterocycles. The van der Waals surface area contributed by atoms with E-state index < -0.39 is 17.6 Å². The maximum atomic E-state index is 14.3. The van der Waals surface area contributed by atoms with Crippen LogP contribution < -0.4 is 14.8 Å². The van der Waals surface area contributed by atoms with Crippen LogP contribution in [0.3, 0.4) is 0 Å². The Morgan fingerprint density at radius 3 is 2.16 bits per heavy atom. The highest BCUT2D eigenvalue weighted by molar-refractivity contribution is 6.03. The zero-order valence-electron chi connectivity index (χ0n) is 23.2. The molecule has 4 bridgehead atoms. The summed E-state index contributed by atoms with van der Waals surface area (Å²) >= 11 is 0. The van der Waals surface area contributed by atoms with Gasteiger partial charge in [-0.25, -0.2) is 4.79 Å². The number of carbonyl (C=O) groups excluding carboxylic acids is 3. The van der Waals surface area contributed by atoms with Crippen LogP contribution >= 0.6 is 0 Å². The molecule has 1 aromatic rings. The molecule has 1 saturated heterocycles. The Morgan fingerprint density at radius 1 is 1.00 bits per heavy atom. The number of hydrogen-bond acceptors (Lipinski definition) is 7. The summed E-state index contributed by atoms with van der Waals surface area (Å²) in [4.78, 5) is 43.2. The van der Waals surface area contributed by atoms with Crippen molar-refractivity contribution in [2.24, 2.45) is 23.2 Å². The van der Waals surface area contributed by atoms with Gasteiger partial charge < -0.3 is 19.5 Å². The molecule has 1 aromatic carbocycles. The molecule has 0 radical (unpaired) electrons. The third kappa shape index (κ3) is 4.92. The number of hydrogen-bond donors (Lipinski definition) is 1. The number of nitrogens with zero attached hydrogens (tertiary/aromatic N) is 1. The number of rotatable bonds is 9. The van der Waals surface area contributed by atoms with E-state index in [0.29, 0.717) is 42.1 Å². The first-order valence-corrected chi connectivity index (χ1v) is 14.1. The summed E-state index contributed by atoms with van der Waals surface area (Å²) in [6.45, 7) is 2.39. The lowest BCUT2D eigenvalue weighted by molar-refractivity contribution is -0.170. The summed E-state index contributed by atoms with van der Waals surface area (Å²) in [7, 11) is 4.43. The van der Waals surface area contributed by atoms with Crippen molar-refractivity contribution in [1.29, 1.82) is 0 Å². The lowest BCUT2D eigenvalue weighted by Gasteiger charge is -2.57. The molecule has 0 spiro atoms. The van der Waals surface area contributed by atoms with Crippen LogP contribution in [-0.2, 0) is 25.5 Å². The van der Waals surface area contributed by atoms with Gasteiger partial charge in [0, 0.05) is 12.8 Å². The number of methoxy groups -OCH3 is 3. The number of ether oxygens (including phenoxy) is 3. The maximum absolute atomic E-state index is 14.3. The van der Waals surface area contributed by atoms with Crippen LogP contribution in [0.4, 0.5) is 0 Å². The summed E-state index contributed by atoms with van der Waals surface area (Å²) in [6.07, 6.45) is 8.94. The van der Waals surface area contributed by atoms with Gasteiger partial charge in [-0.15, -0.1) is 0 Å². The van der Waals surface area contributed by atoms with Crippen LogP contribution in [0.2, 0.25) is 0 Å². The second-order valence-electron chi connectivity index (χ2n) is 12.4. The van der Waals surface area contributed by atoms with Gasteiger partial charge in [-0.05, 0) is 106 Å². The number of nitrogens with one attached hydrogen (secondary N) is 1. The molecule has 208 valence electrons. The zero-order valence-corrected chi connectivity index (χ0v) is 23.2. The zero-order chi connectivity index (χ0) is 27.1. The standard InChI is InChI=1S/C30H42N2O6/c1-29(28(35)38-4,14-19-7-8-24(36-2)25(13-19)37-3)32(27(34)23-6-5-9-31-23)26(33)18-30-15-20-10-21(16-30)12-22(11-20)17-30/h7-8,13,20-23,31H,5-6,9-12,14-18H2,1-4H3/t20?,21?,22?,23-,29-,30?/m0/s1. The Bertz CT molecular complexity index is 1050. The number of esters is 1. The first kappa shape index (κ1) is 27.0. The van der Waals surface area contributed by atoms with Gasteiger partial charge in [0.25, 0.3) is 0 Å². The third-order valence-electron chi connectivity index (χ3n) is 9.63. The fourth-order valence-corrected chi connectivity index (χ4v) is 8.45. The van der Waals surface area contributed by atoms with Crippen LogP contribution in [0, 0.1) is 23.2 Å². The van der Waals surface area contributed by atoms with Crippen LogP contribution in [0.1, 0.15) is 70.3 Å². The molecule has 5 fully saturated rings. The molecule has 2 amide bonds. The molecule has 4 saturated carbocycles. The van der Waals surface area contributed by atoms with Gasteiger partial charge in [-0.2, -0.15) is 0 Å². The predicted molar refractivity (Wildman–Crippen MR) is 142 cm³/mol. The second kappa shape index (κ2) is 10.5. The second-order valence-corrected chi connectivity index (χ2v) is 12.4. The number of imide groups is 1. The van der Waals surface area contributed by atoms with Crippen LogP contribution in [0.15, 0.2) is 18.2 Å². The van der Waals surface area contributed by atoms with Crippen molar-refractivity contribution in [3.05, 3.63) is 23.8 Å². The van der Waals surface area contributed by atoms with Gasteiger partial charge in [0.15, 0.2) is 11.5 Å². The highest BCUT2D eigenvalue weighted by atomic mass is 16.5. The van der Waals surface area contributed by atoms with Gasteiger partial charge in [0.05, 0.1) is 27.4 Å². The van der Waals surface area contributed by atoms with Crippen LogP contribution in [-0.4, -0.2) is 62.1 Å². The van der Waals surface area contributed by atoms with E-state index in [9.17, 15) is 14.4 Å². The van der Waals surface area contributed by atoms with E-state index in [1.54, 1.807) is 33.3 Å². The molecule has 0 unspecified atom stereocenters. The van der Waals surface area contributed by atoms with Crippen LogP contribution in [0.25, 0.3) is 0 Å². The fourth-order valence-electron chi connectivity index (χ4n) is 8.45. The van der Waals surface area contributed by atoms with Crippen molar-refractivity contribution in [2.75, 3.05) is 27.9 Å². The first-order valence-electron chi connectivity index (χ1n) is 14.1. The van der Waals surface area contributed by atoms with Crippen molar-refractivity contribution < 1.29 is 28.6 Å². The Labute approximate surface area is 225 Å². The van der Waals surface area contributed by atoms with E-state index in [0.717, 1.165) is 37.8 Å². The minimum atomic E-state index is -1.50. The quantitative estimate of drug-likeness (QED) is 0.488. The maximum Gasteiger partial charge on any atom is 0.332 e. The molecule has 5 aliphatic rings. The Kier molecular flexibility index (Phi) is 7.46. The third-order valence-corrected chi connectivity index (χ3v) is 9.63. The lowest BCUT2D eigenvalue weighted by Crippen LogP contribution is -2.63. The van der Waals surface area contributed by atoms with E-state index in [4.69, 9.17) is 14.2 Å². The van der Waals surface area contributed by atoms with Crippen molar-refractivity contribution >= 4 is 17.8 Å². The number of amides is 2. The van der Waals surface area contributed by atoms with E-state index in [-0.39, 0.29) is 23.7 Å². The normalized spacial score (nSPS) is 30.9. The first-order chi connectivity index (χ1) is 18.2. The summed E-state index contributed by atoms with van der Waals surface area (Å²) < 4.78 is 16.1. The smallest absolute Gasteiger partial charge is 0.332 e. The van der Waals surface area contributed by atoms with Gasteiger partial charge in [0.1, 0.15) is 5.54 Å². The highest BCUT2D eigenvalue weighted by Crippen LogP contribution is 2.61. The largest absolute Gasteiger partial charge is 0.493 e. The Balaban J connectivity index is 1.49. The molecule has 2 atom stereocenters. The van der Waals surface area contributed by atoms with Gasteiger partial charge in [-0.3, -0.25) is 14.5 Å². The minimum absolute atomic E-state index is 0.0617. The van der Waals surface area contributed by atoms with Crippen molar-refractivity contribution in [3.8, 4) is 11.5 Å². The molecule has 6 rings (SSSR count). The van der Waals surface area contributed by atoms with Crippen LogP contribution in [0.5, 0.6) is 11.5 Å². The summed E-state index contributed by atoms with van der Waals surface area (Å²) in [5.41, 5.74) is -0.821. The van der Waals surface area contributed by atoms with Crippen molar-refractivity contribution in [3.63, 3.8) is 0 Å². The lowest BCUT2D eigenvalue weighted by atomic mass is 9.49. The monoisotopic (exact) mass is 526 g/mol. The molecule has 4 aliphatic carbocycles. The number of benzene rings is 1. The van der Waals surface area contributed by atoms with E-state index in [1.807, 2.05) is 6.07 Å². The Hall–Kier alpha value is -2.61. The van der Waals surface area contributed by atoms with Crippen molar-refractivity contribution in [1.82, 2.24) is 10.2 Å². The molecular formula is C30H42N2O6. The van der Waals surface area contributed by atoms with Gasteiger partial charge in [0.2, 0.25) is 11.8 Å². The Morgan fingerprint density at radius 2 is 1.63 bits per heavy atom. The van der Waals surface area contributed by atoms with Gasteiger partial charge in [-0.1, -0.05) is 6.07 Å². The average molecular weight is 527 g/mol. The average Bonchev–Trinajstić information content (AvgIpc) is 3.42. The fraction of sp³-hybridized carbons (Fsp3) is 0.700. The van der Waals surface area contributed by atoms with E-state index in [2.05, 4.69) is 5.32 Å². The number of carbonyl (C=O) groups is 3. The van der Waals surface area contributed by atoms with Gasteiger partial charge >= 0.3 is 5.97 Å². The SMILES string of the molecule is COC(=O)[C@](C)(Cc1ccc(OC)c(OC)c1)N(C(=O)CC12CC3CC(CC(C3)C1)C2)C(=O)[C@@H]1CCCN1. The molecule has 8 nitrogen and oxygen atoms in total. The molecule has 0 aromatic heterocycles. The van der Waals surface area contributed by atoms with Crippen molar-refractivity contribution in [2.45, 2.75) is 82.7 Å². The molecule has 1 aliphatic heterocycles. The minimum Gasteiger partial charge on any atom is -0.493 e. The molecule has 8 heteroatoms. The highest BCUT2D eigenvalue weighted by Gasteiger charge is 2.55. The predicted octanol–water partition coefficient (Wildman–Crippen LogP) is 3.89. The topological polar surface area (TPSA) is 94.2 Å². The summed E-state index contributed by atoms with van der Waals surface area (Å²) in [6, 6.07) is 4.92.